The van der Waals surface area contributed by atoms with Crippen molar-refractivity contribution in [3.63, 3.8) is 0 Å². The maximum Gasteiger partial charge on any atom is 0.635 e. The largest absolute Gasteiger partial charge is 0.635 e. The van der Waals surface area contributed by atoms with Gasteiger partial charge in [-0.3, -0.25) is 0 Å². The molecule has 0 aromatic carbocycles. The molecule has 0 heterocycles. The zero-order chi connectivity index (χ0) is 6.57. The van der Waals surface area contributed by atoms with Crippen molar-refractivity contribution in [1.82, 2.24) is 0 Å². The summed E-state index contributed by atoms with van der Waals surface area (Å²) in [6, 6.07) is 0. The molecule has 0 aromatic rings. The minimum atomic E-state index is -1.82. The quantitative estimate of drug-likeness (QED) is 0.237. The van der Waals surface area contributed by atoms with Gasteiger partial charge in [-0.1, -0.05) is 6.58 Å². The summed E-state index contributed by atoms with van der Waals surface area (Å²) >= 11 is 0. The fourth-order valence-corrected chi connectivity index (χ4v) is 0.196. The third-order valence-electron chi connectivity index (χ3n) is 0.511. The van der Waals surface area contributed by atoms with Gasteiger partial charge < -0.3 is 20.4 Å². The molecule has 0 rings (SSSR count). The van der Waals surface area contributed by atoms with E-state index in [1.807, 2.05) is 0 Å². The Hall–Kier alpha value is -0.355. The molecule has 0 spiro atoms. The van der Waals surface area contributed by atoms with Crippen LogP contribution in [0.3, 0.4) is 0 Å². The van der Waals surface area contributed by atoms with E-state index in [2.05, 4.69) is 11.2 Å². The molecule has 0 saturated heterocycles. The highest BCUT2D eigenvalue weighted by Gasteiger charge is 2.10. The number of hydrogen-bond donors (Lipinski definition) is 3. The second-order valence-electron chi connectivity index (χ2n) is 1.16. The van der Waals surface area contributed by atoms with E-state index in [4.69, 9.17) is 15.8 Å². The van der Waals surface area contributed by atoms with Gasteiger partial charge in [0.25, 0.3) is 0 Å². The second kappa shape index (κ2) is 3.62. The van der Waals surface area contributed by atoms with Crippen molar-refractivity contribution < 1.29 is 14.7 Å². The first kappa shape index (κ1) is 7.64. The van der Waals surface area contributed by atoms with Crippen molar-refractivity contribution in [1.29, 1.82) is 0 Å². The SMILES string of the molecule is C=CC(N)OB(O)O. The summed E-state index contributed by atoms with van der Waals surface area (Å²) in [7, 11) is -1.82. The fourth-order valence-electron chi connectivity index (χ4n) is 0.196. The summed E-state index contributed by atoms with van der Waals surface area (Å²) in [5.41, 5.74) is 5.01. The first-order valence-electron chi connectivity index (χ1n) is 2.06. The molecular weight excluding hydrogens is 109 g/mol. The molecule has 0 aliphatic carbocycles. The van der Waals surface area contributed by atoms with Crippen LogP contribution in [0.2, 0.25) is 0 Å². The molecule has 5 heteroatoms. The smallest absolute Gasteiger partial charge is 0.402 e. The van der Waals surface area contributed by atoms with Gasteiger partial charge in [0.1, 0.15) is 6.23 Å². The van der Waals surface area contributed by atoms with Gasteiger partial charge in [0.15, 0.2) is 0 Å². The van der Waals surface area contributed by atoms with Gasteiger partial charge in [-0.25, -0.2) is 0 Å². The van der Waals surface area contributed by atoms with Crippen molar-refractivity contribution in [2.75, 3.05) is 0 Å². The second-order valence-corrected chi connectivity index (χ2v) is 1.16. The molecule has 4 N–H and O–H groups in total. The Bertz CT molecular complexity index is 76.9. The van der Waals surface area contributed by atoms with Crippen LogP contribution in [0.25, 0.3) is 0 Å². The topological polar surface area (TPSA) is 75.7 Å². The van der Waals surface area contributed by atoms with Crippen molar-refractivity contribution in [2.24, 2.45) is 5.73 Å². The average molecular weight is 117 g/mol. The first-order valence-corrected chi connectivity index (χ1v) is 2.06. The molecule has 1 atom stereocenters. The Morgan fingerprint density at radius 2 is 2.25 bits per heavy atom. The molecule has 0 aromatic heterocycles. The van der Waals surface area contributed by atoms with E-state index in [-0.39, 0.29) is 0 Å². The minimum absolute atomic E-state index is 0.810. The summed E-state index contributed by atoms with van der Waals surface area (Å²) in [4.78, 5) is 0. The Kier molecular flexibility index (Phi) is 3.46. The zero-order valence-electron chi connectivity index (χ0n) is 4.32. The highest BCUT2D eigenvalue weighted by molar-refractivity contribution is 6.32. The first-order chi connectivity index (χ1) is 3.66. The monoisotopic (exact) mass is 117 g/mol. The summed E-state index contributed by atoms with van der Waals surface area (Å²) in [6.07, 6.45) is 0.439. The number of hydrogen-bond acceptors (Lipinski definition) is 4. The van der Waals surface area contributed by atoms with Crippen LogP contribution in [0.15, 0.2) is 12.7 Å². The maximum absolute atomic E-state index is 8.06. The maximum atomic E-state index is 8.06. The van der Waals surface area contributed by atoms with Crippen LogP contribution in [0, 0.1) is 0 Å². The highest BCUT2D eigenvalue weighted by atomic mass is 16.6. The summed E-state index contributed by atoms with van der Waals surface area (Å²) in [5.74, 6) is 0. The van der Waals surface area contributed by atoms with Gasteiger partial charge in [0, 0.05) is 0 Å². The third-order valence-corrected chi connectivity index (χ3v) is 0.511. The van der Waals surface area contributed by atoms with Crippen molar-refractivity contribution >= 4 is 7.32 Å². The van der Waals surface area contributed by atoms with E-state index in [1.54, 1.807) is 0 Å². The molecule has 0 fully saturated rings. The standard InChI is InChI=1S/C3H8BNO3/c1-2-3(5)8-4(6)7/h2-3,6-7H,1,5H2. The van der Waals surface area contributed by atoms with Crippen molar-refractivity contribution in [3.8, 4) is 0 Å². The van der Waals surface area contributed by atoms with Gasteiger partial charge in [0.05, 0.1) is 0 Å². The summed E-state index contributed by atoms with van der Waals surface area (Å²) in [6.45, 7) is 3.24. The van der Waals surface area contributed by atoms with Gasteiger partial charge in [-0.05, 0) is 6.08 Å². The van der Waals surface area contributed by atoms with Gasteiger partial charge in [-0.15, -0.1) is 0 Å². The fraction of sp³-hybridized carbons (Fsp3) is 0.333. The van der Waals surface area contributed by atoms with Crippen molar-refractivity contribution in [2.45, 2.75) is 6.23 Å². The Balaban J connectivity index is 3.23. The van der Waals surface area contributed by atoms with Crippen LogP contribution in [-0.4, -0.2) is 23.6 Å². The molecular formula is C3H8BNO3. The van der Waals surface area contributed by atoms with Crippen LogP contribution < -0.4 is 5.73 Å². The van der Waals surface area contributed by atoms with E-state index in [1.165, 1.54) is 6.08 Å². The molecule has 0 saturated carbocycles. The molecule has 4 nitrogen and oxygen atoms in total. The van der Waals surface area contributed by atoms with Gasteiger partial charge in [-0.2, -0.15) is 0 Å². The lowest BCUT2D eigenvalue weighted by molar-refractivity contribution is 0.151. The Morgan fingerprint density at radius 1 is 1.75 bits per heavy atom. The van der Waals surface area contributed by atoms with Crippen molar-refractivity contribution in [3.05, 3.63) is 12.7 Å². The van der Waals surface area contributed by atoms with E-state index >= 15 is 0 Å². The average Bonchev–Trinajstić information content (AvgIpc) is 1.65. The Morgan fingerprint density at radius 3 is 2.38 bits per heavy atom. The van der Waals surface area contributed by atoms with Crippen LogP contribution in [0.4, 0.5) is 0 Å². The minimum Gasteiger partial charge on any atom is -0.402 e. The van der Waals surface area contributed by atoms with E-state index < -0.39 is 13.5 Å². The van der Waals surface area contributed by atoms with E-state index in [0.29, 0.717) is 0 Å². The van der Waals surface area contributed by atoms with Gasteiger partial charge >= 0.3 is 7.32 Å². The van der Waals surface area contributed by atoms with Crippen LogP contribution in [-0.2, 0) is 4.65 Å². The van der Waals surface area contributed by atoms with Crippen LogP contribution >= 0.6 is 0 Å². The molecule has 8 heavy (non-hydrogen) atoms. The highest BCUT2D eigenvalue weighted by Crippen LogP contribution is 1.82. The molecule has 46 valence electrons. The lowest BCUT2D eigenvalue weighted by atomic mass is 10.2. The number of nitrogens with two attached hydrogens (primary N) is 1. The lowest BCUT2D eigenvalue weighted by Gasteiger charge is -2.04. The van der Waals surface area contributed by atoms with Crippen LogP contribution in [0.5, 0.6) is 0 Å². The summed E-state index contributed by atoms with van der Waals surface area (Å²) < 4.78 is 4.17. The molecule has 0 aliphatic heterocycles. The normalized spacial score (nSPS) is 12.9. The van der Waals surface area contributed by atoms with Gasteiger partial charge in [0.2, 0.25) is 0 Å². The lowest BCUT2D eigenvalue weighted by Crippen LogP contribution is -2.30. The van der Waals surface area contributed by atoms with Crippen LogP contribution in [0.1, 0.15) is 0 Å². The van der Waals surface area contributed by atoms with E-state index in [0.717, 1.165) is 0 Å². The third kappa shape index (κ3) is 3.82. The predicted molar refractivity (Wildman–Crippen MR) is 29.4 cm³/mol. The molecule has 0 bridgehead atoms. The predicted octanol–water partition coefficient (Wildman–Crippen LogP) is -1.56. The zero-order valence-corrected chi connectivity index (χ0v) is 4.32. The summed E-state index contributed by atoms with van der Waals surface area (Å²) in [5, 5.41) is 16.1. The molecule has 0 aliphatic rings. The molecule has 1 unspecified atom stereocenters. The Labute approximate surface area is 47.7 Å². The molecule has 0 amide bonds. The molecule has 0 radical (unpaired) electrons. The number of rotatable bonds is 3. The van der Waals surface area contributed by atoms with E-state index in [9.17, 15) is 0 Å².